The number of nitrogens with one attached hydrogen (secondary N) is 1. The molecule has 5 heteroatoms. The van der Waals surface area contributed by atoms with E-state index in [9.17, 15) is 9.90 Å². The number of ether oxygens (including phenoxy) is 2. The first-order chi connectivity index (χ1) is 13.5. The highest BCUT2D eigenvalue weighted by atomic mass is 16.5. The fourth-order valence-electron chi connectivity index (χ4n) is 3.66. The third-order valence-electron chi connectivity index (χ3n) is 5.18. The Hall–Kier alpha value is -2.37. The molecule has 28 heavy (non-hydrogen) atoms. The molecule has 2 aromatic rings. The predicted molar refractivity (Wildman–Crippen MR) is 108 cm³/mol. The summed E-state index contributed by atoms with van der Waals surface area (Å²) in [6.45, 7) is 5.34. The highest BCUT2D eigenvalue weighted by Gasteiger charge is 2.39. The van der Waals surface area contributed by atoms with Crippen molar-refractivity contribution in [1.82, 2.24) is 5.32 Å². The van der Waals surface area contributed by atoms with E-state index in [1.165, 1.54) is 0 Å². The van der Waals surface area contributed by atoms with E-state index in [1.807, 2.05) is 44.2 Å². The van der Waals surface area contributed by atoms with Gasteiger partial charge in [-0.2, -0.15) is 0 Å². The summed E-state index contributed by atoms with van der Waals surface area (Å²) >= 11 is 0. The van der Waals surface area contributed by atoms with E-state index in [-0.39, 0.29) is 24.5 Å². The van der Waals surface area contributed by atoms with Crippen LogP contribution in [0.4, 0.5) is 0 Å². The van der Waals surface area contributed by atoms with E-state index in [1.54, 1.807) is 24.3 Å². The summed E-state index contributed by atoms with van der Waals surface area (Å²) in [6.07, 6.45) is 1.62. The lowest BCUT2D eigenvalue weighted by molar-refractivity contribution is -0.0680. The Bertz CT molecular complexity index is 754. The van der Waals surface area contributed by atoms with Crippen LogP contribution < -0.4 is 10.1 Å². The van der Waals surface area contributed by atoms with E-state index < -0.39 is 5.60 Å². The maximum absolute atomic E-state index is 12.7. The maximum atomic E-state index is 12.7. The van der Waals surface area contributed by atoms with Gasteiger partial charge in [0, 0.05) is 18.8 Å². The Morgan fingerprint density at radius 3 is 2.39 bits per heavy atom. The Labute approximate surface area is 166 Å². The number of amides is 1. The summed E-state index contributed by atoms with van der Waals surface area (Å²) in [6, 6.07) is 16.6. The summed E-state index contributed by atoms with van der Waals surface area (Å²) in [4.78, 5) is 12.7. The van der Waals surface area contributed by atoms with Gasteiger partial charge in [-0.25, -0.2) is 0 Å². The molecule has 1 amide bonds. The molecule has 1 unspecified atom stereocenters. The summed E-state index contributed by atoms with van der Waals surface area (Å²) in [5.74, 6) is 0.554. The van der Waals surface area contributed by atoms with E-state index in [0.717, 1.165) is 24.2 Å². The maximum Gasteiger partial charge on any atom is 0.251 e. The van der Waals surface area contributed by atoms with Gasteiger partial charge in [-0.3, -0.25) is 4.79 Å². The molecule has 0 aliphatic carbocycles. The molecule has 0 radical (unpaired) electrons. The third kappa shape index (κ3) is 4.91. The molecule has 0 spiro atoms. The minimum absolute atomic E-state index is 0.0331. The Kier molecular flexibility index (Phi) is 6.70. The van der Waals surface area contributed by atoms with E-state index in [0.29, 0.717) is 18.8 Å². The molecule has 0 saturated carbocycles. The van der Waals surface area contributed by atoms with Gasteiger partial charge in [0.1, 0.15) is 11.4 Å². The average Bonchev–Trinajstić information content (AvgIpc) is 2.73. The summed E-state index contributed by atoms with van der Waals surface area (Å²) in [5, 5.41) is 14.5. The van der Waals surface area contributed by atoms with Crippen LogP contribution in [-0.2, 0) is 10.3 Å². The quantitative estimate of drug-likeness (QED) is 0.768. The standard InChI is InChI=1S/C23H29NO4/c1-17(2)28-21-10-8-18(9-11-21)22(25)24-16-23(26,19-6-4-3-5-7-19)20-12-14-27-15-13-20/h3-11,17,20,26H,12-16H2,1-2H3,(H,24,25). The van der Waals surface area contributed by atoms with Crippen LogP contribution >= 0.6 is 0 Å². The predicted octanol–water partition coefficient (Wildman–Crippen LogP) is 3.52. The van der Waals surface area contributed by atoms with Crippen LogP contribution in [0.25, 0.3) is 0 Å². The van der Waals surface area contributed by atoms with Gasteiger partial charge in [-0.15, -0.1) is 0 Å². The number of rotatable bonds is 7. The first-order valence-electron chi connectivity index (χ1n) is 9.89. The molecule has 2 aromatic carbocycles. The van der Waals surface area contributed by atoms with Crippen molar-refractivity contribution in [3.05, 3.63) is 65.7 Å². The molecule has 1 fully saturated rings. The van der Waals surface area contributed by atoms with E-state index in [4.69, 9.17) is 9.47 Å². The summed E-state index contributed by atoms with van der Waals surface area (Å²) in [5.41, 5.74) is 0.239. The largest absolute Gasteiger partial charge is 0.491 e. The molecule has 1 saturated heterocycles. The Balaban J connectivity index is 1.71. The highest BCUT2D eigenvalue weighted by Crippen LogP contribution is 2.35. The van der Waals surface area contributed by atoms with Crippen molar-refractivity contribution >= 4 is 5.91 Å². The Morgan fingerprint density at radius 2 is 1.79 bits per heavy atom. The first kappa shape index (κ1) is 20.4. The average molecular weight is 383 g/mol. The van der Waals surface area contributed by atoms with E-state index >= 15 is 0 Å². The molecule has 150 valence electrons. The van der Waals surface area contributed by atoms with Gasteiger partial charge in [0.05, 0.1) is 12.6 Å². The van der Waals surface area contributed by atoms with Crippen LogP contribution in [0.15, 0.2) is 54.6 Å². The zero-order valence-electron chi connectivity index (χ0n) is 16.6. The minimum atomic E-state index is -1.12. The second kappa shape index (κ2) is 9.22. The monoisotopic (exact) mass is 383 g/mol. The normalized spacial score (nSPS) is 17.1. The topological polar surface area (TPSA) is 67.8 Å². The molecule has 1 aliphatic heterocycles. The molecular weight excluding hydrogens is 354 g/mol. The van der Waals surface area contributed by atoms with E-state index in [2.05, 4.69) is 5.32 Å². The van der Waals surface area contributed by atoms with Gasteiger partial charge in [0.25, 0.3) is 5.91 Å². The van der Waals surface area contributed by atoms with Crippen LogP contribution in [0.5, 0.6) is 5.75 Å². The first-order valence-corrected chi connectivity index (χ1v) is 9.89. The molecule has 3 rings (SSSR count). The highest BCUT2D eigenvalue weighted by molar-refractivity contribution is 5.94. The lowest BCUT2D eigenvalue weighted by Gasteiger charge is -2.39. The SMILES string of the molecule is CC(C)Oc1ccc(C(=O)NCC(O)(c2ccccc2)C2CCOCC2)cc1. The summed E-state index contributed by atoms with van der Waals surface area (Å²) < 4.78 is 11.1. The van der Waals surface area contributed by atoms with Gasteiger partial charge < -0.3 is 19.9 Å². The lowest BCUT2D eigenvalue weighted by atomic mass is 9.77. The third-order valence-corrected chi connectivity index (χ3v) is 5.18. The van der Waals surface area contributed by atoms with Gasteiger partial charge in [-0.05, 0) is 62.4 Å². The molecule has 5 nitrogen and oxygen atoms in total. The second-order valence-electron chi connectivity index (χ2n) is 7.55. The van der Waals surface area contributed by atoms with Crippen LogP contribution in [0, 0.1) is 5.92 Å². The second-order valence-corrected chi connectivity index (χ2v) is 7.55. The molecular formula is C23H29NO4. The zero-order valence-corrected chi connectivity index (χ0v) is 16.6. The van der Waals surface area contributed by atoms with Crippen LogP contribution in [-0.4, -0.2) is 36.9 Å². The number of hydrogen-bond donors (Lipinski definition) is 2. The molecule has 1 heterocycles. The Morgan fingerprint density at radius 1 is 1.14 bits per heavy atom. The number of benzene rings is 2. The van der Waals surface area contributed by atoms with Gasteiger partial charge in [0.2, 0.25) is 0 Å². The fraction of sp³-hybridized carbons (Fsp3) is 0.435. The minimum Gasteiger partial charge on any atom is -0.491 e. The number of carbonyl (C=O) groups excluding carboxylic acids is 1. The van der Waals surface area contributed by atoms with Gasteiger partial charge in [0.15, 0.2) is 0 Å². The zero-order chi connectivity index (χ0) is 20.0. The van der Waals surface area contributed by atoms with Crippen LogP contribution in [0.2, 0.25) is 0 Å². The number of aliphatic hydroxyl groups is 1. The number of hydrogen-bond acceptors (Lipinski definition) is 4. The molecule has 0 bridgehead atoms. The van der Waals surface area contributed by atoms with Crippen molar-refractivity contribution in [2.45, 2.75) is 38.4 Å². The van der Waals surface area contributed by atoms with Crippen molar-refractivity contribution in [2.75, 3.05) is 19.8 Å². The molecule has 1 atom stereocenters. The van der Waals surface area contributed by atoms with Crippen LogP contribution in [0.3, 0.4) is 0 Å². The molecule has 2 N–H and O–H groups in total. The van der Waals surface area contributed by atoms with Crippen molar-refractivity contribution in [1.29, 1.82) is 0 Å². The molecule has 0 aromatic heterocycles. The lowest BCUT2D eigenvalue weighted by Crippen LogP contribution is -2.47. The smallest absolute Gasteiger partial charge is 0.251 e. The van der Waals surface area contributed by atoms with Crippen molar-refractivity contribution < 1.29 is 19.4 Å². The molecule has 1 aliphatic rings. The number of carbonyl (C=O) groups is 1. The van der Waals surface area contributed by atoms with Crippen molar-refractivity contribution in [2.24, 2.45) is 5.92 Å². The van der Waals surface area contributed by atoms with Crippen molar-refractivity contribution in [3.63, 3.8) is 0 Å². The van der Waals surface area contributed by atoms with Gasteiger partial charge in [-0.1, -0.05) is 30.3 Å². The van der Waals surface area contributed by atoms with Crippen molar-refractivity contribution in [3.8, 4) is 5.75 Å². The van der Waals surface area contributed by atoms with Crippen LogP contribution in [0.1, 0.15) is 42.6 Å². The summed E-state index contributed by atoms with van der Waals surface area (Å²) in [7, 11) is 0. The van der Waals surface area contributed by atoms with Gasteiger partial charge >= 0.3 is 0 Å². The fourth-order valence-corrected chi connectivity index (χ4v) is 3.66.